The van der Waals surface area contributed by atoms with E-state index in [2.05, 4.69) is 15.2 Å². The second-order valence-corrected chi connectivity index (χ2v) is 5.98. The summed E-state index contributed by atoms with van der Waals surface area (Å²) in [6.45, 7) is 3.47. The van der Waals surface area contributed by atoms with Crippen molar-refractivity contribution in [3.05, 3.63) is 29.7 Å². The van der Waals surface area contributed by atoms with Gasteiger partial charge >= 0.3 is 0 Å². The number of rotatable bonds is 4. The topological polar surface area (TPSA) is 92.1 Å². The number of furan rings is 1. The molecule has 0 aliphatic heterocycles. The van der Waals surface area contributed by atoms with Gasteiger partial charge in [0.05, 0.1) is 6.54 Å². The Balaban J connectivity index is 2.28. The van der Waals surface area contributed by atoms with Crippen LogP contribution in [-0.4, -0.2) is 35.0 Å². The first kappa shape index (κ1) is 12.8. The fourth-order valence-corrected chi connectivity index (χ4v) is 2.98. The van der Waals surface area contributed by atoms with Crippen molar-refractivity contribution in [3.8, 4) is 0 Å². The van der Waals surface area contributed by atoms with Gasteiger partial charge in [0, 0.05) is 7.05 Å². The van der Waals surface area contributed by atoms with Gasteiger partial charge in [-0.2, -0.15) is 9.40 Å². The maximum atomic E-state index is 12.3. The van der Waals surface area contributed by atoms with Crippen molar-refractivity contribution in [1.29, 1.82) is 0 Å². The largest absolute Gasteiger partial charge is 0.465 e. The average molecular weight is 270 g/mol. The van der Waals surface area contributed by atoms with Gasteiger partial charge < -0.3 is 4.42 Å². The molecular formula is C10H14N4O3S. The zero-order valence-electron chi connectivity index (χ0n) is 10.3. The Morgan fingerprint density at radius 1 is 1.44 bits per heavy atom. The molecule has 0 aromatic carbocycles. The minimum absolute atomic E-state index is 0.131. The van der Waals surface area contributed by atoms with Crippen molar-refractivity contribution < 1.29 is 12.8 Å². The first-order chi connectivity index (χ1) is 8.41. The Labute approximate surface area is 105 Å². The zero-order valence-corrected chi connectivity index (χ0v) is 11.2. The molecule has 0 bridgehead atoms. The number of nitrogens with one attached hydrogen (secondary N) is 1. The molecule has 0 amide bonds. The van der Waals surface area contributed by atoms with Crippen molar-refractivity contribution >= 4 is 10.0 Å². The van der Waals surface area contributed by atoms with Gasteiger partial charge in [-0.25, -0.2) is 13.4 Å². The van der Waals surface area contributed by atoms with E-state index >= 15 is 0 Å². The van der Waals surface area contributed by atoms with Crippen LogP contribution in [0.2, 0.25) is 0 Å². The van der Waals surface area contributed by atoms with Crippen LogP contribution in [-0.2, 0) is 16.6 Å². The van der Waals surface area contributed by atoms with Crippen LogP contribution in [0.15, 0.2) is 21.7 Å². The van der Waals surface area contributed by atoms with Gasteiger partial charge in [-0.1, -0.05) is 0 Å². The molecule has 18 heavy (non-hydrogen) atoms. The minimum atomic E-state index is -3.57. The predicted molar refractivity (Wildman–Crippen MR) is 63.2 cm³/mol. The van der Waals surface area contributed by atoms with E-state index in [0.29, 0.717) is 17.3 Å². The van der Waals surface area contributed by atoms with Gasteiger partial charge in [-0.05, 0) is 19.9 Å². The molecule has 0 aliphatic carbocycles. The highest BCUT2D eigenvalue weighted by Crippen LogP contribution is 2.22. The zero-order chi connectivity index (χ0) is 13.3. The lowest BCUT2D eigenvalue weighted by Crippen LogP contribution is -2.27. The van der Waals surface area contributed by atoms with Crippen LogP contribution in [0.4, 0.5) is 0 Å². The third-order valence-corrected chi connectivity index (χ3v) is 4.43. The summed E-state index contributed by atoms with van der Waals surface area (Å²) in [5.74, 6) is 1.44. The molecule has 0 radical (unpaired) electrons. The van der Waals surface area contributed by atoms with Gasteiger partial charge in [-0.3, -0.25) is 5.10 Å². The van der Waals surface area contributed by atoms with E-state index in [0.717, 1.165) is 0 Å². The third-order valence-electron chi connectivity index (χ3n) is 2.52. The van der Waals surface area contributed by atoms with Crippen LogP contribution in [0.3, 0.4) is 0 Å². The van der Waals surface area contributed by atoms with Crippen molar-refractivity contribution in [2.24, 2.45) is 0 Å². The molecular weight excluding hydrogens is 256 g/mol. The number of aromatic nitrogens is 3. The van der Waals surface area contributed by atoms with E-state index in [9.17, 15) is 8.42 Å². The summed E-state index contributed by atoms with van der Waals surface area (Å²) in [6.07, 6.45) is 1.34. The lowest BCUT2D eigenvalue weighted by atomic mass is 10.4. The Kier molecular flexibility index (Phi) is 3.22. The van der Waals surface area contributed by atoms with Crippen molar-refractivity contribution in [1.82, 2.24) is 19.5 Å². The number of sulfonamides is 1. The number of aromatic amines is 1. The fourth-order valence-electron chi connectivity index (χ4n) is 1.63. The fraction of sp³-hybridized carbons (Fsp3) is 0.400. The Morgan fingerprint density at radius 2 is 2.17 bits per heavy atom. The molecule has 98 valence electrons. The molecule has 1 N–H and O–H groups in total. The van der Waals surface area contributed by atoms with Crippen molar-refractivity contribution in [2.45, 2.75) is 25.3 Å². The lowest BCUT2D eigenvalue weighted by Gasteiger charge is -2.14. The summed E-state index contributed by atoms with van der Waals surface area (Å²) in [5, 5.41) is 6.30. The monoisotopic (exact) mass is 270 g/mol. The van der Waals surface area contributed by atoms with Crippen molar-refractivity contribution in [3.63, 3.8) is 0 Å². The number of aryl methyl sites for hydroxylation is 2. The first-order valence-corrected chi connectivity index (χ1v) is 6.73. The number of nitrogens with zero attached hydrogens (tertiary/aromatic N) is 3. The number of hydrogen-bond donors (Lipinski definition) is 1. The lowest BCUT2D eigenvalue weighted by molar-refractivity contribution is 0.451. The normalized spacial score (nSPS) is 12.2. The molecule has 0 saturated carbocycles. The van der Waals surface area contributed by atoms with E-state index in [1.165, 1.54) is 23.7 Å². The number of hydrogen-bond acceptors (Lipinski definition) is 5. The second kappa shape index (κ2) is 4.54. The molecule has 0 saturated heterocycles. The maximum absolute atomic E-state index is 12.3. The van der Waals surface area contributed by atoms with Crippen LogP contribution in [0.5, 0.6) is 0 Å². The summed E-state index contributed by atoms with van der Waals surface area (Å²) in [6, 6.07) is 1.52. The maximum Gasteiger partial charge on any atom is 0.246 e. The second-order valence-electron chi connectivity index (χ2n) is 3.97. The highest BCUT2D eigenvalue weighted by molar-refractivity contribution is 7.89. The van der Waals surface area contributed by atoms with Crippen LogP contribution < -0.4 is 0 Å². The molecule has 0 spiro atoms. The Bertz CT molecular complexity index is 630. The quantitative estimate of drug-likeness (QED) is 0.888. The van der Waals surface area contributed by atoms with Crippen molar-refractivity contribution in [2.75, 3.05) is 7.05 Å². The Morgan fingerprint density at radius 3 is 2.67 bits per heavy atom. The van der Waals surface area contributed by atoms with Crippen LogP contribution in [0, 0.1) is 13.8 Å². The average Bonchev–Trinajstić information content (AvgIpc) is 2.88. The summed E-state index contributed by atoms with van der Waals surface area (Å²) in [4.78, 5) is 4.08. The molecule has 7 nitrogen and oxygen atoms in total. The van der Waals surface area contributed by atoms with E-state index < -0.39 is 10.0 Å². The summed E-state index contributed by atoms with van der Waals surface area (Å²) < 4.78 is 31.0. The van der Waals surface area contributed by atoms with E-state index in [4.69, 9.17) is 4.42 Å². The molecule has 0 unspecified atom stereocenters. The molecule has 2 heterocycles. The van der Waals surface area contributed by atoms with Crippen LogP contribution in [0.1, 0.15) is 17.3 Å². The molecule has 0 atom stereocenters. The highest BCUT2D eigenvalue weighted by Gasteiger charge is 2.26. The first-order valence-electron chi connectivity index (χ1n) is 5.29. The molecule has 0 aliphatic rings. The standard InChI is InChI=1S/C10H14N4O3S/c1-7-4-9(8(2)17-7)18(15,16)14(3)5-10-11-6-12-13-10/h4,6H,5H2,1-3H3,(H,11,12,13). The third kappa shape index (κ3) is 2.29. The van der Waals surface area contributed by atoms with Gasteiger partial charge in [0.15, 0.2) is 0 Å². The minimum Gasteiger partial charge on any atom is -0.465 e. The van der Waals surface area contributed by atoms with Crippen LogP contribution >= 0.6 is 0 Å². The van der Waals surface area contributed by atoms with Gasteiger partial charge in [-0.15, -0.1) is 0 Å². The SMILES string of the molecule is Cc1cc(S(=O)(=O)N(C)Cc2ncn[nH]2)c(C)o1. The summed E-state index contributed by atoms with van der Waals surface area (Å²) >= 11 is 0. The van der Waals surface area contributed by atoms with Gasteiger partial charge in [0.2, 0.25) is 10.0 Å². The van der Waals surface area contributed by atoms with Gasteiger partial charge in [0.25, 0.3) is 0 Å². The van der Waals surface area contributed by atoms with Gasteiger partial charge in [0.1, 0.15) is 28.6 Å². The summed E-state index contributed by atoms with van der Waals surface area (Å²) in [5.41, 5.74) is 0. The molecule has 8 heteroatoms. The van der Waals surface area contributed by atoms with E-state index in [1.807, 2.05) is 0 Å². The Hall–Kier alpha value is -1.67. The highest BCUT2D eigenvalue weighted by atomic mass is 32.2. The summed E-state index contributed by atoms with van der Waals surface area (Å²) in [7, 11) is -2.09. The molecule has 2 aromatic rings. The smallest absolute Gasteiger partial charge is 0.246 e. The molecule has 2 rings (SSSR count). The number of H-pyrrole nitrogens is 1. The molecule has 2 aromatic heterocycles. The van der Waals surface area contributed by atoms with E-state index in [-0.39, 0.29) is 11.4 Å². The predicted octanol–water partition coefficient (Wildman–Crippen LogP) is 0.835. The van der Waals surface area contributed by atoms with E-state index in [1.54, 1.807) is 13.8 Å². The van der Waals surface area contributed by atoms with Crippen LogP contribution in [0.25, 0.3) is 0 Å². The molecule has 0 fully saturated rings.